The van der Waals surface area contributed by atoms with Crippen molar-refractivity contribution in [3.63, 3.8) is 0 Å². The number of nitrogens with zero attached hydrogens (tertiary/aromatic N) is 1. The number of aromatic nitrogens is 1. The predicted octanol–water partition coefficient (Wildman–Crippen LogP) is 1.95. The largest absolute Gasteiger partial charge is 0.389 e. The van der Waals surface area contributed by atoms with E-state index in [2.05, 4.69) is 4.98 Å². The molecular weight excluding hydrogens is 162 g/mol. The summed E-state index contributed by atoms with van der Waals surface area (Å²) in [6.45, 7) is 3.96. The monoisotopic (exact) mass is 177 g/mol. The maximum absolute atomic E-state index is 9.57. The highest BCUT2D eigenvalue weighted by molar-refractivity contribution is 5.12. The molecule has 0 amide bonds. The van der Waals surface area contributed by atoms with Crippen molar-refractivity contribution in [3.05, 3.63) is 41.7 Å². The Morgan fingerprint density at radius 2 is 2.38 bits per heavy atom. The lowest BCUT2D eigenvalue weighted by atomic mass is 10.1. The van der Waals surface area contributed by atoms with Crippen molar-refractivity contribution in [1.82, 2.24) is 4.98 Å². The second-order valence-corrected chi connectivity index (χ2v) is 3.38. The average Bonchev–Trinajstić information content (AvgIpc) is 2.04. The first kappa shape index (κ1) is 9.93. The first-order valence-electron chi connectivity index (χ1n) is 4.40. The lowest BCUT2D eigenvalue weighted by Gasteiger charge is -2.05. The van der Waals surface area contributed by atoms with E-state index in [4.69, 9.17) is 0 Å². The molecule has 1 aromatic rings. The molecule has 1 N–H and O–H groups in total. The minimum absolute atomic E-state index is 0.394. The van der Waals surface area contributed by atoms with Crippen LogP contribution in [-0.4, -0.2) is 16.2 Å². The van der Waals surface area contributed by atoms with Gasteiger partial charge in [0.25, 0.3) is 0 Å². The van der Waals surface area contributed by atoms with Crippen molar-refractivity contribution in [2.45, 2.75) is 26.4 Å². The molecule has 0 saturated carbocycles. The molecule has 1 unspecified atom stereocenters. The quantitative estimate of drug-likeness (QED) is 0.716. The maximum atomic E-state index is 9.57. The number of pyridine rings is 1. The summed E-state index contributed by atoms with van der Waals surface area (Å²) < 4.78 is 0. The Hall–Kier alpha value is -1.15. The molecule has 2 nitrogen and oxygen atoms in total. The molecule has 0 aromatic carbocycles. The van der Waals surface area contributed by atoms with E-state index in [1.807, 2.05) is 32.1 Å². The molecule has 2 heteroatoms. The van der Waals surface area contributed by atoms with E-state index in [1.54, 1.807) is 12.4 Å². The normalized spacial score (nSPS) is 12.2. The molecule has 13 heavy (non-hydrogen) atoms. The Labute approximate surface area is 78.9 Å². The van der Waals surface area contributed by atoms with E-state index in [0.29, 0.717) is 6.42 Å². The van der Waals surface area contributed by atoms with E-state index in [1.165, 1.54) is 0 Å². The average molecular weight is 177 g/mol. The molecule has 0 aliphatic carbocycles. The van der Waals surface area contributed by atoms with Crippen LogP contribution >= 0.6 is 0 Å². The van der Waals surface area contributed by atoms with Crippen LogP contribution in [0.15, 0.2) is 36.2 Å². The van der Waals surface area contributed by atoms with Crippen molar-refractivity contribution in [2.75, 3.05) is 0 Å². The van der Waals surface area contributed by atoms with Gasteiger partial charge in [-0.25, -0.2) is 0 Å². The van der Waals surface area contributed by atoms with Crippen LogP contribution in [0, 0.1) is 0 Å². The van der Waals surface area contributed by atoms with Gasteiger partial charge in [0, 0.05) is 18.8 Å². The summed E-state index contributed by atoms with van der Waals surface area (Å²) >= 11 is 0. The van der Waals surface area contributed by atoms with Gasteiger partial charge in [0.15, 0.2) is 0 Å². The molecule has 0 aliphatic rings. The topological polar surface area (TPSA) is 33.1 Å². The van der Waals surface area contributed by atoms with Crippen molar-refractivity contribution < 1.29 is 5.11 Å². The highest BCUT2D eigenvalue weighted by atomic mass is 16.3. The van der Waals surface area contributed by atoms with E-state index >= 15 is 0 Å². The van der Waals surface area contributed by atoms with Gasteiger partial charge in [-0.1, -0.05) is 17.7 Å². The highest BCUT2D eigenvalue weighted by Crippen LogP contribution is 2.03. The van der Waals surface area contributed by atoms with Crippen molar-refractivity contribution >= 4 is 0 Å². The smallest absolute Gasteiger partial charge is 0.0764 e. The zero-order valence-corrected chi connectivity index (χ0v) is 8.07. The zero-order chi connectivity index (χ0) is 9.68. The Morgan fingerprint density at radius 1 is 1.62 bits per heavy atom. The van der Waals surface area contributed by atoms with Crippen molar-refractivity contribution in [3.8, 4) is 0 Å². The molecule has 1 heterocycles. The van der Waals surface area contributed by atoms with E-state index in [-0.39, 0.29) is 0 Å². The SMILES string of the molecule is CC(C)=CC(O)Cc1cccnc1. The van der Waals surface area contributed by atoms with Crippen molar-refractivity contribution in [1.29, 1.82) is 0 Å². The molecule has 0 bridgehead atoms. The summed E-state index contributed by atoms with van der Waals surface area (Å²) in [7, 11) is 0. The summed E-state index contributed by atoms with van der Waals surface area (Å²) in [5.41, 5.74) is 2.20. The molecule has 0 fully saturated rings. The summed E-state index contributed by atoms with van der Waals surface area (Å²) in [5, 5.41) is 9.57. The van der Waals surface area contributed by atoms with E-state index < -0.39 is 6.10 Å². The Balaban J connectivity index is 2.55. The van der Waals surface area contributed by atoms with Crippen LogP contribution in [0.25, 0.3) is 0 Å². The molecular formula is C11H15NO. The van der Waals surface area contributed by atoms with Gasteiger partial charge in [0.05, 0.1) is 6.10 Å². The van der Waals surface area contributed by atoms with Crippen LogP contribution in [0.4, 0.5) is 0 Å². The van der Waals surface area contributed by atoms with Gasteiger partial charge < -0.3 is 5.11 Å². The van der Waals surface area contributed by atoms with Crippen LogP contribution in [0.2, 0.25) is 0 Å². The number of allylic oxidation sites excluding steroid dienone is 1. The molecule has 1 atom stereocenters. The Bertz CT molecular complexity index is 275. The van der Waals surface area contributed by atoms with Gasteiger partial charge in [-0.15, -0.1) is 0 Å². The Morgan fingerprint density at radius 3 is 2.92 bits per heavy atom. The molecule has 0 radical (unpaired) electrons. The first-order valence-corrected chi connectivity index (χ1v) is 4.40. The van der Waals surface area contributed by atoms with Crippen LogP contribution in [0.5, 0.6) is 0 Å². The minimum Gasteiger partial charge on any atom is -0.389 e. The van der Waals surface area contributed by atoms with Gasteiger partial charge in [-0.3, -0.25) is 4.98 Å². The molecule has 70 valence electrons. The molecule has 0 spiro atoms. The fraction of sp³-hybridized carbons (Fsp3) is 0.364. The lowest BCUT2D eigenvalue weighted by molar-refractivity contribution is 0.223. The maximum Gasteiger partial charge on any atom is 0.0764 e. The van der Waals surface area contributed by atoms with Gasteiger partial charge >= 0.3 is 0 Å². The standard InChI is InChI=1S/C11H15NO/c1-9(2)6-11(13)7-10-4-3-5-12-8-10/h3-6,8,11,13H,7H2,1-2H3. The second kappa shape index (κ2) is 4.77. The molecule has 0 aliphatic heterocycles. The third-order valence-corrected chi connectivity index (χ3v) is 1.69. The molecule has 1 rings (SSSR count). The van der Waals surface area contributed by atoms with Gasteiger partial charge in [-0.2, -0.15) is 0 Å². The third kappa shape index (κ3) is 3.85. The van der Waals surface area contributed by atoms with Crippen LogP contribution in [0.1, 0.15) is 19.4 Å². The summed E-state index contributed by atoms with van der Waals surface area (Å²) in [6.07, 6.45) is 5.61. The third-order valence-electron chi connectivity index (χ3n) is 1.69. The number of aliphatic hydroxyl groups is 1. The summed E-state index contributed by atoms with van der Waals surface area (Å²) in [5.74, 6) is 0. The second-order valence-electron chi connectivity index (χ2n) is 3.38. The van der Waals surface area contributed by atoms with E-state index in [0.717, 1.165) is 11.1 Å². The first-order chi connectivity index (χ1) is 6.18. The summed E-state index contributed by atoms with van der Waals surface area (Å²) in [4.78, 5) is 3.99. The van der Waals surface area contributed by atoms with E-state index in [9.17, 15) is 5.11 Å². The Kier molecular flexibility index (Phi) is 3.65. The number of aliphatic hydroxyl groups excluding tert-OH is 1. The number of hydrogen-bond acceptors (Lipinski definition) is 2. The number of hydrogen-bond donors (Lipinski definition) is 1. The molecule has 1 aromatic heterocycles. The minimum atomic E-state index is -0.394. The van der Waals surface area contributed by atoms with Gasteiger partial charge in [0.1, 0.15) is 0 Å². The fourth-order valence-electron chi connectivity index (χ4n) is 1.20. The summed E-state index contributed by atoms with van der Waals surface area (Å²) in [6, 6.07) is 3.85. The highest BCUT2D eigenvalue weighted by Gasteiger charge is 2.00. The van der Waals surface area contributed by atoms with Crippen LogP contribution < -0.4 is 0 Å². The predicted molar refractivity (Wildman–Crippen MR) is 53.4 cm³/mol. The van der Waals surface area contributed by atoms with Gasteiger partial charge in [-0.05, 0) is 25.5 Å². The van der Waals surface area contributed by atoms with Crippen LogP contribution in [0.3, 0.4) is 0 Å². The zero-order valence-electron chi connectivity index (χ0n) is 8.07. The number of rotatable bonds is 3. The van der Waals surface area contributed by atoms with Crippen LogP contribution in [-0.2, 0) is 6.42 Å². The van der Waals surface area contributed by atoms with Crippen molar-refractivity contribution in [2.24, 2.45) is 0 Å². The fourth-order valence-corrected chi connectivity index (χ4v) is 1.20. The lowest BCUT2D eigenvalue weighted by Crippen LogP contribution is -2.07. The molecule has 0 saturated heterocycles. The van der Waals surface area contributed by atoms with Gasteiger partial charge in [0.2, 0.25) is 0 Å².